The highest BCUT2D eigenvalue weighted by molar-refractivity contribution is 7.99. The first kappa shape index (κ1) is 31.6. The molecule has 2 aliphatic carbocycles. The zero-order valence-corrected chi connectivity index (χ0v) is 25.6. The molecule has 0 amide bonds. The van der Waals surface area contributed by atoms with Gasteiger partial charge in [0.15, 0.2) is 0 Å². The van der Waals surface area contributed by atoms with Crippen molar-refractivity contribution in [3.63, 3.8) is 0 Å². The minimum absolute atomic E-state index is 0.0185. The van der Waals surface area contributed by atoms with Gasteiger partial charge in [0.1, 0.15) is 5.75 Å². The van der Waals surface area contributed by atoms with Gasteiger partial charge in [0.05, 0.1) is 12.5 Å². The monoisotopic (exact) mass is 561 g/mol. The van der Waals surface area contributed by atoms with Gasteiger partial charge >= 0.3 is 5.97 Å². The summed E-state index contributed by atoms with van der Waals surface area (Å²) in [5.41, 5.74) is 9.54. The highest BCUT2D eigenvalue weighted by atomic mass is 32.2. The van der Waals surface area contributed by atoms with E-state index in [1.54, 1.807) is 0 Å². The molecule has 0 spiro atoms. The molecule has 216 valence electrons. The van der Waals surface area contributed by atoms with E-state index in [1.807, 2.05) is 11.8 Å². The molecule has 0 radical (unpaired) electrons. The van der Waals surface area contributed by atoms with Gasteiger partial charge in [-0.15, -0.1) is 0 Å². The maximum atomic E-state index is 9.76. The van der Waals surface area contributed by atoms with Crippen LogP contribution in [-0.2, 0) is 24.2 Å². The van der Waals surface area contributed by atoms with E-state index in [0.717, 1.165) is 56.7 Å². The van der Waals surface area contributed by atoms with Gasteiger partial charge in [0, 0.05) is 12.2 Å². The number of hydrogen-bond donors (Lipinski definition) is 2. The molecule has 1 fully saturated rings. The fraction of sp³-hybridized carbons (Fsp3) is 0.457. The summed E-state index contributed by atoms with van der Waals surface area (Å²) in [6.45, 7) is 10.3. The van der Waals surface area contributed by atoms with Gasteiger partial charge in [-0.2, -0.15) is 11.8 Å². The van der Waals surface area contributed by atoms with Crippen LogP contribution in [0.2, 0.25) is 0 Å². The van der Waals surface area contributed by atoms with Crippen molar-refractivity contribution in [2.24, 2.45) is 5.92 Å². The van der Waals surface area contributed by atoms with Gasteiger partial charge in [0.2, 0.25) is 0 Å². The summed E-state index contributed by atoms with van der Waals surface area (Å²) in [4.78, 5) is 9.76. The molecule has 0 aromatic heterocycles. The van der Waals surface area contributed by atoms with E-state index in [0.29, 0.717) is 0 Å². The van der Waals surface area contributed by atoms with E-state index in [-0.39, 0.29) is 5.92 Å². The molecule has 0 heterocycles. The first-order valence-electron chi connectivity index (χ1n) is 14.9. The number of nitrogens with one attached hydrogen (secondary N) is 1. The largest absolute Gasteiger partial charge is 0.494 e. The number of anilines is 1. The van der Waals surface area contributed by atoms with Crippen molar-refractivity contribution >= 4 is 23.4 Å². The number of fused-ring (bicyclic) bond motifs is 3. The second-order valence-electron chi connectivity index (χ2n) is 10.6. The Balaban J connectivity index is 0.000000421. The lowest BCUT2D eigenvalue weighted by Crippen LogP contribution is -2.02. The molecular weight excluding hydrogens is 514 g/mol. The van der Waals surface area contributed by atoms with Crippen molar-refractivity contribution in [3.05, 3.63) is 82.9 Å². The summed E-state index contributed by atoms with van der Waals surface area (Å²) in [6, 6.07) is 22.0. The fourth-order valence-corrected chi connectivity index (χ4v) is 5.34. The number of aryl methyl sites for hydroxylation is 3. The number of hydrogen-bond acceptors (Lipinski definition) is 4. The van der Waals surface area contributed by atoms with Crippen LogP contribution in [0.25, 0.3) is 11.1 Å². The van der Waals surface area contributed by atoms with E-state index in [2.05, 4.69) is 93.7 Å². The number of thioether (sulfide) groups is 1. The number of ether oxygens (including phenoxy) is 1. The van der Waals surface area contributed by atoms with Crippen LogP contribution in [0.15, 0.2) is 60.7 Å². The van der Waals surface area contributed by atoms with Gasteiger partial charge in [-0.1, -0.05) is 57.5 Å². The maximum Gasteiger partial charge on any atom is 0.306 e. The number of carbonyl (C=O) groups is 1. The molecule has 0 aliphatic heterocycles. The molecule has 4 nitrogen and oxygen atoms in total. The highest BCUT2D eigenvalue weighted by Gasteiger charge is 2.28. The standard InChI is InChI=1S/C28H33NOS.C4H6O2.C3H8/c1-3-31-16-8-15-30-26-17-21(2)28-24(19-26)10-7-9-23-14-13-22(18-27(23)28)20-29-25-11-5-4-6-12-25;5-4(6)3-1-2-3;1-3-2/h4-6,11-14,17-19,29H,3,7-10,15-16,20H2,1-2H3;3H,1-2H2,(H,5,6);3H2,1-2H3. The predicted octanol–water partition coefficient (Wildman–Crippen LogP) is 9.18. The first-order valence-corrected chi connectivity index (χ1v) is 16.1. The van der Waals surface area contributed by atoms with Gasteiger partial charge in [-0.3, -0.25) is 4.79 Å². The van der Waals surface area contributed by atoms with Crippen LogP contribution < -0.4 is 10.1 Å². The molecule has 0 bridgehead atoms. The van der Waals surface area contributed by atoms with Crippen LogP contribution >= 0.6 is 11.8 Å². The Morgan fingerprint density at radius 3 is 2.38 bits per heavy atom. The van der Waals surface area contributed by atoms with Crippen molar-refractivity contribution in [2.45, 2.75) is 79.2 Å². The third kappa shape index (κ3) is 10.2. The van der Waals surface area contributed by atoms with E-state index in [9.17, 15) is 4.79 Å². The van der Waals surface area contributed by atoms with Crippen LogP contribution in [0.4, 0.5) is 5.69 Å². The molecule has 5 rings (SSSR count). The number of aliphatic carboxylic acids is 1. The zero-order valence-electron chi connectivity index (χ0n) is 24.8. The quantitative estimate of drug-likeness (QED) is 0.242. The van der Waals surface area contributed by atoms with Gasteiger partial charge in [-0.05, 0) is 121 Å². The predicted molar refractivity (Wildman–Crippen MR) is 172 cm³/mol. The number of carboxylic acids is 1. The average Bonchev–Trinajstić information content (AvgIpc) is 3.81. The van der Waals surface area contributed by atoms with Gasteiger partial charge in [0.25, 0.3) is 0 Å². The molecule has 0 unspecified atom stereocenters. The second kappa shape index (κ2) is 17.0. The molecule has 5 heteroatoms. The molecule has 2 N–H and O–H groups in total. The number of rotatable bonds is 10. The lowest BCUT2D eigenvalue weighted by Gasteiger charge is -2.17. The molecule has 0 atom stereocenters. The van der Waals surface area contributed by atoms with Crippen LogP contribution in [0.1, 0.15) is 75.1 Å². The third-order valence-electron chi connectivity index (χ3n) is 6.83. The van der Waals surface area contributed by atoms with Crippen LogP contribution in [0.5, 0.6) is 5.75 Å². The Hall–Kier alpha value is -2.92. The molecule has 1 saturated carbocycles. The lowest BCUT2D eigenvalue weighted by atomic mass is 9.91. The van der Waals surface area contributed by atoms with Gasteiger partial charge in [-0.25, -0.2) is 0 Å². The van der Waals surface area contributed by atoms with Crippen LogP contribution in [-0.4, -0.2) is 29.2 Å². The Kier molecular flexibility index (Phi) is 13.4. The Labute approximate surface area is 245 Å². The normalized spacial score (nSPS) is 13.3. The summed E-state index contributed by atoms with van der Waals surface area (Å²) in [5.74, 6) is 2.77. The third-order valence-corrected chi connectivity index (χ3v) is 7.82. The Morgan fingerprint density at radius 1 is 1.00 bits per heavy atom. The van der Waals surface area contributed by atoms with Crippen LogP contribution in [0, 0.1) is 12.8 Å². The summed E-state index contributed by atoms with van der Waals surface area (Å²) >= 11 is 1.98. The molecule has 0 saturated heterocycles. The molecule has 40 heavy (non-hydrogen) atoms. The van der Waals surface area contributed by atoms with E-state index < -0.39 is 5.97 Å². The smallest absolute Gasteiger partial charge is 0.306 e. The number of benzene rings is 3. The van der Waals surface area contributed by atoms with E-state index in [4.69, 9.17) is 9.84 Å². The molecular formula is C35H47NO3S. The molecule has 3 aromatic carbocycles. The Morgan fingerprint density at radius 2 is 1.73 bits per heavy atom. The lowest BCUT2D eigenvalue weighted by molar-refractivity contribution is -0.138. The SMILES string of the molecule is CCC.CCSCCCOc1cc(C)c2c(c1)CCCc1ccc(CNc3ccccc3)cc1-2.O=C(O)C1CC1. The van der Waals surface area contributed by atoms with Crippen molar-refractivity contribution in [1.82, 2.24) is 0 Å². The number of para-hydroxylation sites is 1. The van der Waals surface area contributed by atoms with Crippen molar-refractivity contribution in [2.75, 3.05) is 23.4 Å². The van der Waals surface area contributed by atoms with Gasteiger partial charge < -0.3 is 15.2 Å². The number of carboxylic acid groups (broad SMARTS) is 1. The van der Waals surface area contributed by atoms with E-state index >= 15 is 0 Å². The average molecular weight is 562 g/mol. The fourth-order valence-electron chi connectivity index (χ4n) is 4.73. The summed E-state index contributed by atoms with van der Waals surface area (Å²) in [6.07, 6.45) is 7.60. The summed E-state index contributed by atoms with van der Waals surface area (Å²) in [5, 5.41) is 11.6. The highest BCUT2D eigenvalue weighted by Crippen LogP contribution is 2.38. The zero-order chi connectivity index (χ0) is 28.7. The molecule has 2 aliphatic rings. The topological polar surface area (TPSA) is 58.6 Å². The van der Waals surface area contributed by atoms with E-state index in [1.165, 1.54) is 57.7 Å². The first-order chi connectivity index (χ1) is 19.5. The molecule has 3 aromatic rings. The second-order valence-corrected chi connectivity index (χ2v) is 12.0. The maximum absolute atomic E-state index is 9.76. The van der Waals surface area contributed by atoms with Crippen LogP contribution in [0.3, 0.4) is 0 Å². The van der Waals surface area contributed by atoms with Crippen molar-refractivity contribution in [1.29, 1.82) is 0 Å². The summed E-state index contributed by atoms with van der Waals surface area (Å²) in [7, 11) is 0. The summed E-state index contributed by atoms with van der Waals surface area (Å²) < 4.78 is 6.12. The van der Waals surface area contributed by atoms with Crippen molar-refractivity contribution < 1.29 is 14.6 Å². The minimum Gasteiger partial charge on any atom is -0.494 e. The van der Waals surface area contributed by atoms with Crippen molar-refractivity contribution in [3.8, 4) is 16.9 Å². The Bertz CT molecular complexity index is 1190. The minimum atomic E-state index is -0.630.